The van der Waals surface area contributed by atoms with Crippen LogP contribution in [0.2, 0.25) is 0 Å². The maximum absolute atomic E-state index is 11.3. The molecule has 0 aliphatic carbocycles. The van der Waals surface area contributed by atoms with E-state index in [1.807, 2.05) is 6.92 Å². The third-order valence-corrected chi connectivity index (χ3v) is 3.78. The first-order chi connectivity index (χ1) is 9.47. The molecule has 2 N–H and O–H groups in total. The van der Waals surface area contributed by atoms with Gasteiger partial charge in [-0.05, 0) is 22.9 Å². The Morgan fingerprint density at radius 3 is 2.80 bits per heavy atom. The second-order valence-corrected chi connectivity index (χ2v) is 5.68. The fraction of sp³-hybridized carbons (Fsp3) is 0.357. The van der Waals surface area contributed by atoms with Crippen molar-refractivity contribution in [2.24, 2.45) is 0 Å². The normalized spacial score (nSPS) is 10.8. The largest absolute Gasteiger partial charge is 0.363 e. The number of halogens is 1. The Labute approximate surface area is 126 Å². The van der Waals surface area contributed by atoms with Gasteiger partial charge in [0.25, 0.3) is 0 Å². The molecule has 2 heterocycles. The minimum Gasteiger partial charge on any atom is -0.363 e. The molecule has 0 atom stereocenters. The second-order valence-electron chi connectivity index (χ2n) is 4.89. The molecule has 2 aromatic rings. The maximum Gasteiger partial charge on any atom is 0.181 e. The Hall–Kier alpha value is -1.69. The van der Waals surface area contributed by atoms with Gasteiger partial charge in [-0.1, -0.05) is 13.8 Å². The lowest BCUT2D eigenvalue weighted by atomic mass is 10.2. The first-order valence-corrected chi connectivity index (χ1v) is 7.22. The van der Waals surface area contributed by atoms with Crippen molar-refractivity contribution >= 4 is 21.7 Å². The maximum atomic E-state index is 11.3. The van der Waals surface area contributed by atoms with Gasteiger partial charge in [0.15, 0.2) is 5.43 Å². The van der Waals surface area contributed by atoms with Gasteiger partial charge in [0, 0.05) is 29.9 Å². The third-order valence-electron chi connectivity index (χ3n) is 2.83. The summed E-state index contributed by atoms with van der Waals surface area (Å²) in [5.74, 6) is 1.81. The van der Waals surface area contributed by atoms with Crippen molar-refractivity contribution in [3.05, 3.63) is 50.2 Å². The average molecular weight is 337 g/mol. The van der Waals surface area contributed by atoms with Crippen molar-refractivity contribution in [3.8, 4) is 0 Å². The predicted octanol–water partition coefficient (Wildman–Crippen LogP) is 2.97. The van der Waals surface area contributed by atoms with Gasteiger partial charge in [0.05, 0.1) is 16.7 Å². The van der Waals surface area contributed by atoms with Crippen molar-refractivity contribution in [1.29, 1.82) is 0 Å². The minimum atomic E-state index is -0.0126. The highest BCUT2D eigenvalue weighted by molar-refractivity contribution is 9.10. The molecule has 0 aromatic carbocycles. The van der Waals surface area contributed by atoms with E-state index < -0.39 is 0 Å². The van der Waals surface area contributed by atoms with Crippen molar-refractivity contribution in [2.75, 3.05) is 5.32 Å². The van der Waals surface area contributed by atoms with Gasteiger partial charge in [-0.3, -0.25) is 4.79 Å². The fourth-order valence-electron chi connectivity index (χ4n) is 1.73. The van der Waals surface area contributed by atoms with E-state index in [2.05, 4.69) is 50.0 Å². The molecule has 2 rings (SSSR count). The number of hydrogen-bond donors (Lipinski definition) is 2. The molecule has 0 bridgehead atoms. The molecule has 2 aromatic heterocycles. The number of nitrogens with one attached hydrogen (secondary N) is 2. The topological polar surface area (TPSA) is 70.7 Å². The van der Waals surface area contributed by atoms with Crippen LogP contribution in [0.1, 0.15) is 37.0 Å². The summed E-state index contributed by atoms with van der Waals surface area (Å²) in [5, 5.41) is 3.22. The van der Waals surface area contributed by atoms with E-state index >= 15 is 0 Å². The van der Waals surface area contributed by atoms with Gasteiger partial charge in [0.1, 0.15) is 11.6 Å². The van der Waals surface area contributed by atoms with E-state index in [1.54, 1.807) is 12.3 Å². The smallest absolute Gasteiger partial charge is 0.181 e. The van der Waals surface area contributed by atoms with Crippen LogP contribution in [0.15, 0.2) is 27.6 Å². The number of hydrogen-bond acceptors (Lipinski definition) is 4. The molecule has 0 radical (unpaired) electrons. The highest BCUT2D eigenvalue weighted by Gasteiger charge is 2.11. The molecule has 0 spiro atoms. The van der Waals surface area contributed by atoms with E-state index in [-0.39, 0.29) is 11.3 Å². The van der Waals surface area contributed by atoms with E-state index in [4.69, 9.17) is 0 Å². The van der Waals surface area contributed by atoms with Crippen molar-refractivity contribution < 1.29 is 0 Å². The summed E-state index contributed by atoms with van der Waals surface area (Å²) in [6.45, 7) is 6.55. The Bertz CT molecular complexity index is 666. The summed E-state index contributed by atoms with van der Waals surface area (Å²) >= 11 is 3.49. The molecule has 5 nitrogen and oxygen atoms in total. The van der Waals surface area contributed by atoms with E-state index in [0.29, 0.717) is 6.54 Å². The van der Waals surface area contributed by atoms with Crippen LogP contribution >= 0.6 is 15.9 Å². The Kier molecular flexibility index (Phi) is 4.54. The van der Waals surface area contributed by atoms with Gasteiger partial charge in [0.2, 0.25) is 0 Å². The van der Waals surface area contributed by atoms with Crippen LogP contribution in [0.3, 0.4) is 0 Å². The molecule has 0 amide bonds. The molecule has 106 valence electrons. The average Bonchev–Trinajstić information content (AvgIpc) is 2.40. The minimum absolute atomic E-state index is 0.0126. The molecular weight excluding hydrogens is 320 g/mol. The first-order valence-electron chi connectivity index (χ1n) is 6.43. The summed E-state index contributed by atoms with van der Waals surface area (Å²) < 4.78 is 0.847. The summed E-state index contributed by atoms with van der Waals surface area (Å²) in [5.41, 5.74) is 1.70. The van der Waals surface area contributed by atoms with E-state index in [1.165, 1.54) is 6.07 Å². The monoisotopic (exact) mass is 336 g/mol. The standard InChI is InChI=1S/C14H17BrN4O/c1-8(2)13-18-9(3)12(15)14(19-13)17-7-10-6-11(20)4-5-16-10/h4-6,8H,7H2,1-3H3,(H,16,20)(H,17,18,19). The summed E-state index contributed by atoms with van der Waals surface area (Å²) in [7, 11) is 0. The fourth-order valence-corrected chi connectivity index (χ4v) is 2.05. The number of aromatic nitrogens is 3. The zero-order valence-corrected chi connectivity index (χ0v) is 13.3. The number of anilines is 1. The number of aryl methyl sites for hydroxylation is 1. The third kappa shape index (κ3) is 3.45. The molecule has 0 aliphatic rings. The molecular formula is C14H17BrN4O. The number of nitrogens with zero attached hydrogens (tertiary/aromatic N) is 2. The number of H-pyrrole nitrogens is 1. The van der Waals surface area contributed by atoms with Gasteiger partial charge in [-0.15, -0.1) is 0 Å². The van der Waals surface area contributed by atoms with Crippen LogP contribution in [0.25, 0.3) is 0 Å². The van der Waals surface area contributed by atoms with Crippen LogP contribution in [-0.2, 0) is 6.54 Å². The van der Waals surface area contributed by atoms with Crippen LogP contribution in [-0.4, -0.2) is 15.0 Å². The zero-order chi connectivity index (χ0) is 14.7. The lowest BCUT2D eigenvalue weighted by Gasteiger charge is -2.12. The molecule has 0 aliphatic heterocycles. The van der Waals surface area contributed by atoms with Crippen molar-refractivity contribution in [2.45, 2.75) is 33.2 Å². The van der Waals surface area contributed by atoms with Crippen LogP contribution in [0.5, 0.6) is 0 Å². The molecule has 20 heavy (non-hydrogen) atoms. The Morgan fingerprint density at radius 2 is 2.15 bits per heavy atom. The van der Waals surface area contributed by atoms with Crippen LogP contribution < -0.4 is 10.7 Å². The van der Waals surface area contributed by atoms with Crippen molar-refractivity contribution in [1.82, 2.24) is 15.0 Å². The number of aromatic amines is 1. The van der Waals surface area contributed by atoms with Crippen LogP contribution in [0, 0.1) is 6.92 Å². The van der Waals surface area contributed by atoms with Gasteiger partial charge in [-0.25, -0.2) is 9.97 Å². The van der Waals surface area contributed by atoms with E-state index in [0.717, 1.165) is 27.5 Å². The highest BCUT2D eigenvalue weighted by atomic mass is 79.9. The van der Waals surface area contributed by atoms with Gasteiger partial charge < -0.3 is 10.3 Å². The van der Waals surface area contributed by atoms with Gasteiger partial charge in [-0.2, -0.15) is 0 Å². The van der Waals surface area contributed by atoms with Crippen LogP contribution in [0.4, 0.5) is 5.82 Å². The molecule has 0 unspecified atom stereocenters. The zero-order valence-electron chi connectivity index (χ0n) is 11.7. The molecule has 0 saturated carbocycles. The predicted molar refractivity (Wildman–Crippen MR) is 82.9 cm³/mol. The Balaban J connectivity index is 2.22. The number of rotatable bonds is 4. The molecule has 0 fully saturated rings. The summed E-state index contributed by atoms with van der Waals surface area (Å²) in [6, 6.07) is 3.06. The molecule has 0 saturated heterocycles. The van der Waals surface area contributed by atoms with Gasteiger partial charge >= 0.3 is 0 Å². The lowest BCUT2D eigenvalue weighted by molar-refractivity contribution is 0.764. The van der Waals surface area contributed by atoms with E-state index in [9.17, 15) is 4.79 Å². The van der Waals surface area contributed by atoms with Crippen molar-refractivity contribution in [3.63, 3.8) is 0 Å². The lowest BCUT2D eigenvalue weighted by Crippen LogP contribution is -2.10. The molecule has 6 heteroatoms. The summed E-state index contributed by atoms with van der Waals surface area (Å²) in [4.78, 5) is 23.3. The first kappa shape index (κ1) is 14.7. The Morgan fingerprint density at radius 1 is 1.40 bits per heavy atom. The quantitative estimate of drug-likeness (QED) is 0.900. The number of pyridine rings is 1. The summed E-state index contributed by atoms with van der Waals surface area (Å²) in [6.07, 6.45) is 1.64. The highest BCUT2D eigenvalue weighted by Crippen LogP contribution is 2.25. The second kappa shape index (κ2) is 6.17. The SMILES string of the molecule is Cc1nc(C(C)C)nc(NCc2cc(=O)cc[nH]2)c1Br.